The molecule has 0 aromatic carbocycles. The number of unbranched alkanes of at least 4 members (excludes halogenated alkanes) is 16. The van der Waals surface area contributed by atoms with Crippen LogP contribution in [-0.2, 0) is 4.43 Å². The van der Waals surface area contributed by atoms with Gasteiger partial charge in [-0.3, -0.25) is 0 Å². The summed E-state index contributed by atoms with van der Waals surface area (Å²) in [5, 5.41) is 0.349. The SMILES string of the molecule is CCCCCCCCCCCCCCCCCCCO[Si](C)(C)C(C)(C)C. The van der Waals surface area contributed by atoms with Crippen molar-refractivity contribution in [3.05, 3.63) is 0 Å². The molecule has 0 saturated carbocycles. The Kier molecular flexibility index (Phi) is 17.2. The lowest BCUT2D eigenvalue weighted by molar-refractivity contribution is 0.277. The van der Waals surface area contributed by atoms with E-state index < -0.39 is 8.32 Å². The van der Waals surface area contributed by atoms with Crippen LogP contribution in [0.3, 0.4) is 0 Å². The molecule has 0 rings (SSSR count). The van der Waals surface area contributed by atoms with E-state index in [0.29, 0.717) is 5.04 Å². The van der Waals surface area contributed by atoms with E-state index in [9.17, 15) is 0 Å². The quantitative estimate of drug-likeness (QED) is 0.155. The molecule has 0 aliphatic carbocycles. The van der Waals surface area contributed by atoms with Gasteiger partial charge in [0.25, 0.3) is 0 Å². The molecular weight excluding hydrogens is 344 g/mol. The molecule has 0 spiro atoms. The van der Waals surface area contributed by atoms with Gasteiger partial charge in [0.05, 0.1) is 0 Å². The van der Waals surface area contributed by atoms with Crippen LogP contribution in [0, 0.1) is 0 Å². The molecule has 0 amide bonds. The highest BCUT2D eigenvalue weighted by atomic mass is 28.4. The smallest absolute Gasteiger partial charge is 0.191 e. The first-order valence-electron chi connectivity index (χ1n) is 12.4. The van der Waals surface area contributed by atoms with Crippen molar-refractivity contribution >= 4 is 8.32 Å². The van der Waals surface area contributed by atoms with E-state index >= 15 is 0 Å². The first kappa shape index (κ1) is 27.2. The molecule has 0 unspecified atom stereocenters. The molecule has 0 fully saturated rings. The molecule has 27 heavy (non-hydrogen) atoms. The molecule has 0 atom stereocenters. The molecule has 0 bridgehead atoms. The van der Waals surface area contributed by atoms with Gasteiger partial charge in [0.1, 0.15) is 0 Å². The summed E-state index contributed by atoms with van der Waals surface area (Å²) >= 11 is 0. The van der Waals surface area contributed by atoms with Crippen molar-refractivity contribution in [2.24, 2.45) is 0 Å². The third kappa shape index (κ3) is 16.8. The zero-order chi connectivity index (χ0) is 20.4. The Hall–Kier alpha value is 0.177. The number of rotatable bonds is 19. The fourth-order valence-electron chi connectivity index (χ4n) is 3.37. The van der Waals surface area contributed by atoms with E-state index in [2.05, 4.69) is 40.8 Å². The molecule has 0 N–H and O–H groups in total. The Labute approximate surface area is 174 Å². The molecule has 0 aromatic rings. The summed E-state index contributed by atoms with van der Waals surface area (Å²) in [6.07, 6.45) is 24.4. The third-order valence-corrected chi connectivity index (χ3v) is 11.1. The van der Waals surface area contributed by atoms with E-state index in [1.807, 2.05) is 0 Å². The van der Waals surface area contributed by atoms with Gasteiger partial charge in [-0.15, -0.1) is 0 Å². The fourth-order valence-corrected chi connectivity index (χ4v) is 4.46. The number of hydrogen-bond donors (Lipinski definition) is 0. The second-order valence-corrected chi connectivity index (χ2v) is 15.1. The van der Waals surface area contributed by atoms with Gasteiger partial charge in [0.2, 0.25) is 0 Å². The van der Waals surface area contributed by atoms with Gasteiger partial charge in [-0.2, -0.15) is 0 Å². The van der Waals surface area contributed by atoms with E-state index in [1.165, 1.54) is 109 Å². The minimum atomic E-state index is -1.52. The Balaban J connectivity index is 3.19. The molecule has 0 aliphatic heterocycles. The Bertz CT molecular complexity index is 306. The van der Waals surface area contributed by atoms with Crippen LogP contribution in [-0.4, -0.2) is 14.9 Å². The van der Waals surface area contributed by atoms with Crippen molar-refractivity contribution in [3.63, 3.8) is 0 Å². The predicted octanol–water partition coefficient (Wildman–Crippen LogP) is 9.66. The Morgan fingerprint density at radius 1 is 0.519 bits per heavy atom. The van der Waals surface area contributed by atoms with Crippen molar-refractivity contribution in [2.45, 2.75) is 155 Å². The van der Waals surface area contributed by atoms with Crippen LogP contribution in [0.5, 0.6) is 0 Å². The maximum Gasteiger partial charge on any atom is 0.191 e. The van der Waals surface area contributed by atoms with Gasteiger partial charge in [-0.25, -0.2) is 0 Å². The van der Waals surface area contributed by atoms with Gasteiger partial charge >= 0.3 is 0 Å². The molecule has 2 heteroatoms. The van der Waals surface area contributed by atoms with Crippen molar-refractivity contribution in [2.75, 3.05) is 6.61 Å². The molecule has 0 radical (unpaired) electrons. The molecule has 1 nitrogen and oxygen atoms in total. The summed E-state index contributed by atoms with van der Waals surface area (Å²) in [5.74, 6) is 0. The second kappa shape index (κ2) is 17.1. The van der Waals surface area contributed by atoms with Crippen molar-refractivity contribution in [3.8, 4) is 0 Å². The highest BCUT2D eigenvalue weighted by Gasteiger charge is 2.36. The molecule has 164 valence electrons. The van der Waals surface area contributed by atoms with Crippen LogP contribution >= 0.6 is 0 Å². The van der Waals surface area contributed by atoms with Crippen LogP contribution in [0.2, 0.25) is 18.1 Å². The van der Waals surface area contributed by atoms with Crippen molar-refractivity contribution in [1.29, 1.82) is 0 Å². The van der Waals surface area contributed by atoms with E-state index in [0.717, 1.165) is 6.61 Å². The summed E-state index contributed by atoms with van der Waals surface area (Å²) in [7, 11) is -1.52. The minimum absolute atomic E-state index is 0.349. The standard InChI is InChI=1S/C25H54OSi/c1-7-8-9-10-11-12-13-14-15-16-17-18-19-20-21-22-23-24-26-27(5,6)25(2,3)4/h7-24H2,1-6H3. The van der Waals surface area contributed by atoms with Crippen LogP contribution < -0.4 is 0 Å². The molecule has 0 aliphatic rings. The van der Waals surface area contributed by atoms with Crippen LogP contribution in [0.15, 0.2) is 0 Å². The van der Waals surface area contributed by atoms with Crippen LogP contribution in [0.4, 0.5) is 0 Å². The monoisotopic (exact) mass is 398 g/mol. The second-order valence-electron chi connectivity index (χ2n) is 10.3. The lowest BCUT2D eigenvalue weighted by atomic mass is 10.0. The average Bonchev–Trinajstić information content (AvgIpc) is 2.59. The largest absolute Gasteiger partial charge is 0.417 e. The summed E-state index contributed by atoms with van der Waals surface area (Å²) in [6, 6.07) is 0. The summed E-state index contributed by atoms with van der Waals surface area (Å²) in [5.41, 5.74) is 0. The predicted molar refractivity (Wildman–Crippen MR) is 127 cm³/mol. The number of hydrogen-bond acceptors (Lipinski definition) is 1. The maximum atomic E-state index is 6.26. The summed E-state index contributed by atoms with van der Waals surface area (Å²) < 4.78 is 6.26. The zero-order valence-corrected chi connectivity index (χ0v) is 21.1. The molecule has 0 aromatic heterocycles. The minimum Gasteiger partial charge on any atom is -0.417 e. The summed E-state index contributed by atoms with van der Waals surface area (Å²) in [4.78, 5) is 0. The molecular formula is C25H54OSi. The molecule has 0 heterocycles. The highest BCUT2D eigenvalue weighted by molar-refractivity contribution is 6.74. The fraction of sp³-hybridized carbons (Fsp3) is 1.00. The highest BCUT2D eigenvalue weighted by Crippen LogP contribution is 2.36. The average molecular weight is 399 g/mol. The van der Waals surface area contributed by atoms with Gasteiger partial charge in [0.15, 0.2) is 8.32 Å². The summed E-state index contributed by atoms with van der Waals surface area (Å²) in [6.45, 7) is 15.0. The van der Waals surface area contributed by atoms with Gasteiger partial charge in [-0.05, 0) is 24.6 Å². The van der Waals surface area contributed by atoms with E-state index in [4.69, 9.17) is 4.43 Å². The van der Waals surface area contributed by atoms with Crippen molar-refractivity contribution in [1.82, 2.24) is 0 Å². The molecule has 0 saturated heterocycles. The first-order chi connectivity index (χ1) is 12.8. The maximum absolute atomic E-state index is 6.26. The normalized spacial score (nSPS) is 12.7. The lowest BCUT2D eigenvalue weighted by Crippen LogP contribution is -2.40. The van der Waals surface area contributed by atoms with Gasteiger partial charge in [0, 0.05) is 6.61 Å². The van der Waals surface area contributed by atoms with E-state index in [1.54, 1.807) is 0 Å². The zero-order valence-electron chi connectivity index (χ0n) is 20.1. The van der Waals surface area contributed by atoms with Gasteiger partial charge in [-0.1, -0.05) is 130 Å². The van der Waals surface area contributed by atoms with Crippen LogP contribution in [0.1, 0.15) is 137 Å². The van der Waals surface area contributed by atoms with E-state index in [-0.39, 0.29) is 0 Å². The lowest BCUT2D eigenvalue weighted by Gasteiger charge is -2.36. The first-order valence-corrected chi connectivity index (χ1v) is 15.4. The Morgan fingerprint density at radius 3 is 1.11 bits per heavy atom. The van der Waals surface area contributed by atoms with Crippen molar-refractivity contribution < 1.29 is 4.43 Å². The van der Waals surface area contributed by atoms with Gasteiger partial charge < -0.3 is 4.43 Å². The third-order valence-electron chi connectivity index (χ3n) is 6.52. The topological polar surface area (TPSA) is 9.23 Å². The van der Waals surface area contributed by atoms with Crippen LogP contribution in [0.25, 0.3) is 0 Å². The Morgan fingerprint density at radius 2 is 0.815 bits per heavy atom.